The van der Waals surface area contributed by atoms with Crippen molar-refractivity contribution in [3.8, 4) is 5.82 Å². The Labute approximate surface area is 286 Å². The summed E-state index contributed by atoms with van der Waals surface area (Å²) in [6.45, 7) is 2.13. The molecule has 2 aromatic heterocycles. The zero-order chi connectivity index (χ0) is 33.0. The summed E-state index contributed by atoms with van der Waals surface area (Å²) >= 11 is 0. The number of benzene rings is 6. The summed E-state index contributed by atoms with van der Waals surface area (Å²) in [5, 5.41) is 11.4. The van der Waals surface area contributed by atoms with E-state index in [1.165, 1.54) is 37.1 Å². The van der Waals surface area contributed by atoms with E-state index in [4.69, 9.17) is 9.92 Å². The van der Waals surface area contributed by atoms with E-state index in [1.54, 1.807) is 0 Å². The van der Waals surface area contributed by atoms with Crippen molar-refractivity contribution in [1.29, 1.82) is 0 Å². The fraction of sp³-hybridized carbons (Fsp3) is 0.0465. The number of hydroxylamine groups is 1. The van der Waals surface area contributed by atoms with Crippen LogP contribution in [-0.4, -0.2) is 24.7 Å². The molecule has 9 rings (SSSR count). The highest BCUT2D eigenvalue weighted by Crippen LogP contribution is 2.40. The van der Waals surface area contributed by atoms with Gasteiger partial charge in [0.25, 0.3) is 0 Å². The highest BCUT2D eigenvalue weighted by molar-refractivity contribution is 7.20. The number of hydrogen-bond donors (Lipinski definition) is 0. The second-order valence-electron chi connectivity index (χ2n) is 12.7. The number of para-hydroxylation sites is 3. The molecule has 236 valence electrons. The Balaban J connectivity index is 1.36. The quantitative estimate of drug-likeness (QED) is 0.140. The number of anilines is 3. The number of pyridine rings is 1. The molecule has 6 heteroatoms. The van der Waals surface area contributed by atoms with Crippen molar-refractivity contribution in [2.75, 3.05) is 17.2 Å². The molecule has 0 spiro atoms. The maximum Gasteiger partial charge on any atom is 0.179 e. The number of hydrogen-bond acceptors (Lipinski definition) is 4. The molecule has 1 aliphatic heterocycles. The lowest BCUT2D eigenvalue weighted by molar-refractivity contribution is 0.142. The van der Waals surface area contributed by atoms with Crippen LogP contribution in [0.15, 0.2) is 170 Å². The molecule has 0 saturated heterocycles. The first kappa shape index (κ1) is 29.2. The molecule has 1 aliphatic rings. The van der Waals surface area contributed by atoms with E-state index in [-0.39, 0.29) is 0 Å². The van der Waals surface area contributed by atoms with Gasteiger partial charge in [-0.3, -0.25) is 4.57 Å². The topological polar surface area (TPSA) is 33.5 Å². The van der Waals surface area contributed by atoms with Gasteiger partial charge in [0.1, 0.15) is 5.82 Å². The van der Waals surface area contributed by atoms with E-state index in [9.17, 15) is 0 Å². The van der Waals surface area contributed by atoms with Gasteiger partial charge in [-0.25, -0.2) is 10.0 Å². The molecule has 5 nitrogen and oxygen atoms in total. The number of aryl methyl sites for hydroxylation is 1. The van der Waals surface area contributed by atoms with Crippen LogP contribution in [0.25, 0.3) is 27.6 Å². The standard InChI is InChI=1S/C43H34N4OSi/c1-31-26-27-44-43(28-31)46-39-21-10-9-20-37(39)38-25-24-36(30-42(38)46)49(33-15-5-3-6-16-33,34-17-7-4-8-18-34)35-19-13-14-32(29-35)47-41-23-12-11-22-40(41)45(2)48-47/h3-30H,1-2H3. The number of fused-ring (bicyclic) bond motifs is 4. The number of aromatic nitrogens is 2. The first-order valence-electron chi connectivity index (χ1n) is 16.6. The van der Waals surface area contributed by atoms with Crippen LogP contribution < -0.4 is 30.9 Å². The SMILES string of the molecule is Cc1ccnc(-n2c3ccccc3c3ccc([Si](c4ccccc4)(c4ccccc4)c4cccc(N5ON(C)c6ccccc65)c4)cc32)c1. The van der Waals surface area contributed by atoms with Gasteiger partial charge in [-0.1, -0.05) is 115 Å². The van der Waals surface area contributed by atoms with Crippen molar-refractivity contribution in [3.05, 3.63) is 176 Å². The van der Waals surface area contributed by atoms with E-state index in [0.717, 1.165) is 33.9 Å². The van der Waals surface area contributed by atoms with Gasteiger partial charge in [-0.2, -0.15) is 5.06 Å². The Bertz CT molecular complexity index is 2440. The third-order valence-electron chi connectivity index (χ3n) is 9.81. The molecule has 49 heavy (non-hydrogen) atoms. The highest BCUT2D eigenvalue weighted by Gasteiger charge is 2.42. The fourth-order valence-electron chi connectivity index (χ4n) is 7.63. The van der Waals surface area contributed by atoms with E-state index >= 15 is 0 Å². The molecule has 0 atom stereocenters. The van der Waals surface area contributed by atoms with Crippen molar-refractivity contribution < 1.29 is 4.94 Å². The summed E-state index contributed by atoms with van der Waals surface area (Å²) in [6, 6.07) is 59.4. The largest absolute Gasteiger partial charge is 0.294 e. The first-order chi connectivity index (χ1) is 24.1. The predicted molar refractivity (Wildman–Crippen MR) is 205 cm³/mol. The van der Waals surface area contributed by atoms with Crippen LogP contribution in [0, 0.1) is 6.92 Å². The Kier molecular flexibility index (Phi) is 6.93. The Morgan fingerprint density at radius 3 is 1.92 bits per heavy atom. The minimum atomic E-state index is -2.92. The molecular weight excluding hydrogens is 617 g/mol. The maximum atomic E-state index is 6.34. The van der Waals surface area contributed by atoms with Gasteiger partial charge >= 0.3 is 0 Å². The average Bonchev–Trinajstić information content (AvgIpc) is 3.67. The van der Waals surface area contributed by atoms with Crippen LogP contribution in [0.2, 0.25) is 0 Å². The zero-order valence-corrected chi connectivity index (χ0v) is 28.4. The van der Waals surface area contributed by atoms with Crippen molar-refractivity contribution in [3.63, 3.8) is 0 Å². The molecule has 3 heterocycles. The number of nitrogens with zero attached hydrogens (tertiary/aromatic N) is 4. The molecule has 0 radical (unpaired) electrons. The summed E-state index contributed by atoms with van der Waals surface area (Å²) in [5.41, 5.74) is 6.51. The van der Waals surface area contributed by atoms with Crippen molar-refractivity contribution >= 4 is 67.7 Å². The summed E-state index contributed by atoms with van der Waals surface area (Å²) in [5.74, 6) is 0.922. The van der Waals surface area contributed by atoms with Crippen molar-refractivity contribution in [2.24, 2.45) is 0 Å². The smallest absolute Gasteiger partial charge is 0.179 e. The van der Waals surface area contributed by atoms with Crippen LogP contribution >= 0.6 is 0 Å². The molecule has 0 unspecified atom stereocenters. The lowest BCUT2D eigenvalue weighted by Gasteiger charge is -2.35. The minimum Gasteiger partial charge on any atom is -0.294 e. The number of rotatable bonds is 6. The average molecular weight is 651 g/mol. The molecular formula is C43H34N4OSi. The van der Waals surface area contributed by atoms with Gasteiger partial charge in [0.05, 0.1) is 28.1 Å². The third-order valence-corrected chi connectivity index (χ3v) is 14.6. The molecule has 0 saturated carbocycles. The maximum absolute atomic E-state index is 6.34. The molecule has 8 aromatic rings. The molecule has 0 aliphatic carbocycles. The molecule has 0 amide bonds. The van der Waals surface area contributed by atoms with Gasteiger partial charge in [0.15, 0.2) is 8.07 Å². The third kappa shape index (κ3) is 4.60. The highest BCUT2D eigenvalue weighted by atomic mass is 28.3. The van der Waals surface area contributed by atoms with Crippen molar-refractivity contribution in [2.45, 2.75) is 6.92 Å². The van der Waals surface area contributed by atoms with Gasteiger partial charge in [-0.05, 0) is 81.8 Å². The Hall–Kier alpha value is -5.95. The predicted octanol–water partition coefficient (Wildman–Crippen LogP) is 7.30. The van der Waals surface area contributed by atoms with Gasteiger partial charge in [0, 0.05) is 24.0 Å². The Morgan fingerprint density at radius 2 is 1.16 bits per heavy atom. The second kappa shape index (κ2) is 11.6. The molecule has 0 bridgehead atoms. The van der Waals surface area contributed by atoms with Crippen LogP contribution in [0.3, 0.4) is 0 Å². The van der Waals surface area contributed by atoms with Crippen LogP contribution in [0.1, 0.15) is 5.56 Å². The van der Waals surface area contributed by atoms with E-state index < -0.39 is 8.07 Å². The van der Waals surface area contributed by atoms with Gasteiger partial charge < -0.3 is 0 Å². The van der Waals surface area contributed by atoms with Crippen LogP contribution in [0.5, 0.6) is 0 Å². The monoisotopic (exact) mass is 650 g/mol. The van der Waals surface area contributed by atoms with E-state index in [2.05, 4.69) is 169 Å². The van der Waals surface area contributed by atoms with Gasteiger partial charge in [0.2, 0.25) is 0 Å². The summed E-state index contributed by atoms with van der Waals surface area (Å²) in [4.78, 5) is 11.2. The Morgan fingerprint density at radius 1 is 0.531 bits per heavy atom. The van der Waals surface area contributed by atoms with E-state index in [0.29, 0.717) is 0 Å². The summed E-state index contributed by atoms with van der Waals surface area (Å²) in [7, 11) is -0.970. The summed E-state index contributed by atoms with van der Waals surface area (Å²) in [6.07, 6.45) is 1.91. The second-order valence-corrected chi connectivity index (χ2v) is 16.5. The minimum absolute atomic E-state index is 0.922. The normalized spacial score (nSPS) is 12.9. The molecule has 6 aromatic carbocycles. The molecule has 0 N–H and O–H groups in total. The fourth-order valence-corrected chi connectivity index (χ4v) is 12.4. The van der Waals surface area contributed by atoms with E-state index in [1.807, 2.05) is 29.4 Å². The lowest BCUT2D eigenvalue weighted by Crippen LogP contribution is -2.74. The van der Waals surface area contributed by atoms with Crippen LogP contribution in [-0.2, 0) is 4.94 Å². The van der Waals surface area contributed by atoms with Gasteiger partial charge in [-0.15, -0.1) is 4.94 Å². The first-order valence-corrected chi connectivity index (χ1v) is 18.6. The molecule has 0 fully saturated rings. The summed E-state index contributed by atoms with van der Waals surface area (Å²) < 4.78 is 2.33. The van der Waals surface area contributed by atoms with Crippen molar-refractivity contribution in [1.82, 2.24) is 9.55 Å². The van der Waals surface area contributed by atoms with Crippen LogP contribution in [0.4, 0.5) is 17.1 Å². The lowest BCUT2D eigenvalue weighted by atomic mass is 10.1. The zero-order valence-electron chi connectivity index (χ0n) is 27.4.